The lowest BCUT2D eigenvalue weighted by Gasteiger charge is -2.11. The van der Waals surface area contributed by atoms with Crippen LogP contribution in [0.1, 0.15) is 5.56 Å². The summed E-state index contributed by atoms with van der Waals surface area (Å²) in [7, 11) is 3.14. The topological polar surface area (TPSA) is 56.8 Å². The van der Waals surface area contributed by atoms with Crippen molar-refractivity contribution >= 4 is 33.4 Å². The lowest BCUT2D eigenvalue weighted by Crippen LogP contribution is -2.28. The quantitative estimate of drug-likeness (QED) is 0.748. The van der Waals surface area contributed by atoms with Crippen LogP contribution < -0.4 is 19.5 Å². The lowest BCUT2D eigenvalue weighted by molar-refractivity contribution is -0.123. The highest BCUT2D eigenvalue weighted by molar-refractivity contribution is 9.10. The molecule has 0 aliphatic carbocycles. The van der Waals surface area contributed by atoms with Crippen LogP contribution >= 0.6 is 27.5 Å². The van der Waals surface area contributed by atoms with Crippen molar-refractivity contribution in [2.24, 2.45) is 0 Å². The van der Waals surface area contributed by atoms with Gasteiger partial charge >= 0.3 is 0 Å². The van der Waals surface area contributed by atoms with Crippen LogP contribution in [-0.4, -0.2) is 26.7 Å². The number of methoxy groups -OCH3 is 2. The van der Waals surface area contributed by atoms with Gasteiger partial charge in [0.2, 0.25) is 0 Å². The number of ether oxygens (including phenoxy) is 3. The number of hydrogen-bond donors (Lipinski definition) is 1. The second kappa shape index (κ2) is 8.80. The second-order valence-electron chi connectivity index (χ2n) is 4.83. The molecule has 5 nitrogen and oxygen atoms in total. The van der Waals surface area contributed by atoms with E-state index in [1.165, 1.54) is 0 Å². The van der Waals surface area contributed by atoms with Gasteiger partial charge in [-0.2, -0.15) is 0 Å². The molecule has 0 unspecified atom stereocenters. The lowest BCUT2D eigenvalue weighted by atomic mass is 10.2. The van der Waals surface area contributed by atoms with E-state index < -0.39 is 0 Å². The zero-order valence-corrected chi connectivity index (χ0v) is 15.6. The molecule has 0 saturated carbocycles. The molecule has 1 N–H and O–H groups in total. The molecule has 7 heteroatoms. The van der Waals surface area contributed by atoms with Crippen LogP contribution in [0.3, 0.4) is 0 Å². The number of hydrogen-bond acceptors (Lipinski definition) is 4. The summed E-state index contributed by atoms with van der Waals surface area (Å²) in [6, 6.07) is 10.7. The monoisotopic (exact) mass is 413 g/mol. The summed E-state index contributed by atoms with van der Waals surface area (Å²) in [5.41, 5.74) is 0.891. The SMILES string of the molecule is COc1ccc(CNC(=O)COc2ccc(Br)cc2Cl)cc1OC. The molecule has 0 bridgehead atoms. The predicted octanol–water partition coefficient (Wildman–Crippen LogP) is 3.81. The standard InChI is InChI=1S/C17H17BrClNO4/c1-22-15-5-3-11(7-16(15)23-2)9-20-17(21)10-24-14-6-4-12(18)8-13(14)19/h3-8H,9-10H2,1-2H3,(H,20,21). The van der Waals surface area contributed by atoms with E-state index in [2.05, 4.69) is 21.2 Å². The molecule has 0 aromatic heterocycles. The average Bonchev–Trinajstić information content (AvgIpc) is 2.58. The summed E-state index contributed by atoms with van der Waals surface area (Å²) in [4.78, 5) is 11.9. The molecule has 2 rings (SSSR count). The van der Waals surface area contributed by atoms with E-state index in [1.54, 1.807) is 38.5 Å². The number of benzene rings is 2. The molecule has 1 amide bonds. The van der Waals surface area contributed by atoms with E-state index in [1.807, 2.05) is 12.1 Å². The zero-order chi connectivity index (χ0) is 17.5. The Morgan fingerprint density at radius 1 is 1.08 bits per heavy atom. The summed E-state index contributed by atoms with van der Waals surface area (Å²) in [6.45, 7) is 0.241. The van der Waals surface area contributed by atoms with Crippen LogP contribution in [-0.2, 0) is 11.3 Å². The Hall–Kier alpha value is -1.92. The van der Waals surface area contributed by atoms with E-state index in [0.29, 0.717) is 28.8 Å². The molecule has 0 saturated heterocycles. The third kappa shape index (κ3) is 5.04. The first-order valence-electron chi connectivity index (χ1n) is 7.09. The number of amides is 1. The Labute approximate surface area is 154 Å². The molecule has 0 aliphatic rings. The molecule has 0 aliphatic heterocycles. The van der Waals surface area contributed by atoms with Crippen LogP contribution in [0.25, 0.3) is 0 Å². The summed E-state index contributed by atoms with van der Waals surface area (Å²) in [5, 5.41) is 3.22. The maximum atomic E-state index is 11.9. The van der Waals surface area contributed by atoms with E-state index in [0.717, 1.165) is 10.0 Å². The first kappa shape index (κ1) is 18.4. The van der Waals surface area contributed by atoms with E-state index in [-0.39, 0.29) is 12.5 Å². The third-order valence-corrected chi connectivity index (χ3v) is 3.98. The van der Waals surface area contributed by atoms with E-state index in [9.17, 15) is 4.79 Å². The van der Waals surface area contributed by atoms with Gasteiger partial charge in [-0.1, -0.05) is 33.6 Å². The van der Waals surface area contributed by atoms with Gasteiger partial charge in [0.25, 0.3) is 5.91 Å². The number of halogens is 2. The third-order valence-electron chi connectivity index (χ3n) is 3.19. The van der Waals surface area contributed by atoms with Gasteiger partial charge in [-0.3, -0.25) is 4.79 Å². The number of rotatable bonds is 7. The second-order valence-corrected chi connectivity index (χ2v) is 6.15. The largest absolute Gasteiger partial charge is 0.493 e. The normalized spacial score (nSPS) is 10.2. The Morgan fingerprint density at radius 2 is 1.79 bits per heavy atom. The number of carbonyl (C=O) groups is 1. The zero-order valence-electron chi connectivity index (χ0n) is 13.3. The highest BCUT2D eigenvalue weighted by Crippen LogP contribution is 2.28. The molecule has 2 aromatic carbocycles. The van der Waals surface area contributed by atoms with E-state index >= 15 is 0 Å². The molecule has 24 heavy (non-hydrogen) atoms. The number of carbonyl (C=O) groups excluding carboxylic acids is 1. The Morgan fingerprint density at radius 3 is 2.46 bits per heavy atom. The molecule has 2 aromatic rings. The Bertz CT molecular complexity index is 724. The van der Waals surface area contributed by atoms with Gasteiger partial charge in [0, 0.05) is 11.0 Å². The summed E-state index contributed by atoms with van der Waals surface area (Å²) in [6.07, 6.45) is 0. The van der Waals surface area contributed by atoms with Gasteiger partial charge in [0.15, 0.2) is 18.1 Å². The molecular weight excluding hydrogens is 398 g/mol. The van der Waals surface area contributed by atoms with Crippen LogP contribution in [0, 0.1) is 0 Å². The molecule has 0 fully saturated rings. The first-order chi connectivity index (χ1) is 11.5. The van der Waals surface area contributed by atoms with Crippen molar-refractivity contribution in [2.75, 3.05) is 20.8 Å². The summed E-state index contributed by atoms with van der Waals surface area (Å²) >= 11 is 9.35. The summed E-state index contributed by atoms with van der Waals surface area (Å²) in [5.74, 6) is 1.47. The Balaban J connectivity index is 1.87. The molecular formula is C17H17BrClNO4. The predicted molar refractivity (Wildman–Crippen MR) is 96.0 cm³/mol. The highest BCUT2D eigenvalue weighted by Gasteiger charge is 2.08. The van der Waals surface area contributed by atoms with Gasteiger partial charge in [-0.25, -0.2) is 0 Å². The maximum Gasteiger partial charge on any atom is 0.258 e. The maximum absolute atomic E-state index is 11.9. The van der Waals surface area contributed by atoms with Crippen molar-refractivity contribution in [3.05, 3.63) is 51.5 Å². The van der Waals surface area contributed by atoms with Crippen molar-refractivity contribution in [3.63, 3.8) is 0 Å². The van der Waals surface area contributed by atoms with Gasteiger partial charge in [0.1, 0.15) is 5.75 Å². The van der Waals surface area contributed by atoms with Crippen LogP contribution in [0.2, 0.25) is 5.02 Å². The minimum absolute atomic E-state index is 0.116. The smallest absolute Gasteiger partial charge is 0.258 e. The average molecular weight is 415 g/mol. The molecule has 0 radical (unpaired) electrons. The first-order valence-corrected chi connectivity index (χ1v) is 8.26. The number of nitrogens with one attached hydrogen (secondary N) is 1. The Kier molecular flexibility index (Phi) is 6.75. The molecule has 128 valence electrons. The minimum Gasteiger partial charge on any atom is -0.493 e. The van der Waals surface area contributed by atoms with Gasteiger partial charge < -0.3 is 19.5 Å². The van der Waals surface area contributed by atoms with Gasteiger partial charge in [-0.05, 0) is 35.9 Å². The molecule has 0 atom stereocenters. The van der Waals surface area contributed by atoms with Crippen molar-refractivity contribution in [3.8, 4) is 17.2 Å². The fraction of sp³-hybridized carbons (Fsp3) is 0.235. The van der Waals surface area contributed by atoms with Crippen molar-refractivity contribution in [2.45, 2.75) is 6.54 Å². The molecule has 0 spiro atoms. The molecule has 0 heterocycles. The van der Waals surface area contributed by atoms with Gasteiger partial charge in [-0.15, -0.1) is 0 Å². The van der Waals surface area contributed by atoms with Crippen molar-refractivity contribution in [1.82, 2.24) is 5.32 Å². The fourth-order valence-electron chi connectivity index (χ4n) is 1.98. The van der Waals surface area contributed by atoms with Crippen LogP contribution in [0.15, 0.2) is 40.9 Å². The van der Waals surface area contributed by atoms with E-state index in [4.69, 9.17) is 25.8 Å². The van der Waals surface area contributed by atoms with Crippen molar-refractivity contribution in [1.29, 1.82) is 0 Å². The van der Waals surface area contributed by atoms with Crippen LogP contribution in [0.4, 0.5) is 0 Å². The van der Waals surface area contributed by atoms with Gasteiger partial charge in [0.05, 0.1) is 19.2 Å². The van der Waals surface area contributed by atoms with Crippen LogP contribution in [0.5, 0.6) is 17.2 Å². The van der Waals surface area contributed by atoms with Crippen molar-refractivity contribution < 1.29 is 19.0 Å². The summed E-state index contributed by atoms with van der Waals surface area (Å²) < 4.78 is 16.7. The fourth-order valence-corrected chi connectivity index (χ4v) is 2.71. The highest BCUT2D eigenvalue weighted by atomic mass is 79.9. The minimum atomic E-state index is -0.247.